The highest BCUT2D eigenvalue weighted by Gasteiger charge is 2.08. The molecule has 0 aliphatic heterocycles. The molecule has 1 N–H and O–H groups in total. The second kappa shape index (κ2) is 6.59. The molecule has 0 fully saturated rings. The van der Waals surface area contributed by atoms with Crippen molar-refractivity contribution in [2.45, 2.75) is 13.1 Å². The van der Waals surface area contributed by atoms with Crippen LogP contribution in [0.25, 0.3) is 0 Å². The number of pyridine rings is 1. The molecule has 1 amide bonds. The minimum atomic E-state index is -0.439. The number of amides is 1. The van der Waals surface area contributed by atoms with Crippen molar-refractivity contribution in [2.75, 3.05) is 0 Å². The van der Waals surface area contributed by atoms with E-state index < -0.39 is 5.56 Å². The number of hydrogen-bond donors (Lipinski definition) is 1. The van der Waals surface area contributed by atoms with Crippen LogP contribution in [0.2, 0.25) is 10.0 Å². The van der Waals surface area contributed by atoms with Crippen LogP contribution >= 0.6 is 23.2 Å². The van der Waals surface area contributed by atoms with Crippen LogP contribution in [0.3, 0.4) is 0 Å². The summed E-state index contributed by atoms with van der Waals surface area (Å²) >= 11 is 11.5. The number of benzene rings is 1. The van der Waals surface area contributed by atoms with E-state index in [4.69, 9.17) is 23.2 Å². The van der Waals surface area contributed by atoms with Crippen LogP contribution in [0.15, 0.2) is 47.4 Å². The molecule has 0 spiro atoms. The second-order valence-electron chi connectivity index (χ2n) is 4.20. The van der Waals surface area contributed by atoms with Gasteiger partial charge in [0.1, 0.15) is 11.6 Å². The van der Waals surface area contributed by atoms with Crippen molar-refractivity contribution >= 4 is 29.1 Å². The van der Waals surface area contributed by atoms with Crippen molar-refractivity contribution in [3.8, 4) is 0 Å². The van der Waals surface area contributed by atoms with E-state index in [-0.39, 0.29) is 17.5 Å². The SMILES string of the molecule is O=C(Cn1cc(Cl)cc(Cl)c1=O)NCc1ccccc1. The molecule has 0 saturated carbocycles. The first-order chi connectivity index (χ1) is 9.56. The standard InChI is InChI=1S/C14H12Cl2N2O2/c15-11-6-12(16)14(20)18(8-11)9-13(19)17-7-10-4-2-1-3-5-10/h1-6,8H,7,9H2,(H,17,19). The first-order valence-electron chi connectivity index (χ1n) is 5.92. The van der Waals surface area contributed by atoms with Gasteiger partial charge in [-0.1, -0.05) is 53.5 Å². The highest BCUT2D eigenvalue weighted by Crippen LogP contribution is 2.10. The van der Waals surface area contributed by atoms with Gasteiger partial charge < -0.3 is 9.88 Å². The quantitative estimate of drug-likeness (QED) is 0.943. The van der Waals surface area contributed by atoms with Gasteiger partial charge in [-0.05, 0) is 11.6 Å². The van der Waals surface area contributed by atoms with Crippen molar-refractivity contribution < 1.29 is 4.79 Å². The number of hydrogen-bond acceptors (Lipinski definition) is 2. The summed E-state index contributed by atoms with van der Waals surface area (Å²) in [5.41, 5.74) is 0.545. The molecule has 6 heteroatoms. The van der Waals surface area contributed by atoms with Crippen LogP contribution in [0.4, 0.5) is 0 Å². The normalized spacial score (nSPS) is 10.3. The molecule has 2 aromatic rings. The smallest absolute Gasteiger partial charge is 0.269 e. The number of nitrogens with one attached hydrogen (secondary N) is 1. The average Bonchev–Trinajstić information content (AvgIpc) is 2.43. The molecular weight excluding hydrogens is 299 g/mol. The Morgan fingerprint density at radius 1 is 1.20 bits per heavy atom. The Kier molecular flexibility index (Phi) is 4.82. The number of carbonyl (C=O) groups is 1. The van der Waals surface area contributed by atoms with Crippen molar-refractivity contribution in [2.24, 2.45) is 0 Å². The van der Waals surface area contributed by atoms with Crippen molar-refractivity contribution in [3.63, 3.8) is 0 Å². The summed E-state index contributed by atoms with van der Waals surface area (Å²) in [5.74, 6) is -0.283. The fourth-order valence-electron chi connectivity index (χ4n) is 1.69. The second-order valence-corrected chi connectivity index (χ2v) is 5.05. The van der Waals surface area contributed by atoms with Gasteiger partial charge in [-0.2, -0.15) is 0 Å². The first kappa shape index (κ1) is 14.6. The van der Waals surface area contributed by atoms with Gasteiger partial charge in [0.05, 0.1) is 5.02 Å². The van der Waals surface area contributed by atoms with E-state index >= 15 is 0 Å². The zero-order valence-electron chi connectivity index (χ0n) is 10.5. The minimum Gasteiger partial charge on any atom is -0.350 e. The van der Waals surface area contributed by atoms with Crippen molar-refractivity contribution in [1.82, 2.24) is 9.88 Å². The van der Waals surface area contributed by atoms with E-state index in [2.05, 4.69) is 5.32 Å². The van der Waals surface area contributed by atoms with E-state index in [0.717, 1.165) is 5.56 Å². The van der Waals surface area contributed by atoms with Gasteiger partial charge in [0.2, 0.25) is 5.91 Å². The van der Waals surface area contributed by atoms with Crippen molar-refractivity contribution in [3.05, 3.63) is 68.6 Å². The summed E-state index contributed by atoms with van der Waals surface area (Å²) in [6.07, 6.45) is 1.39. The molecule has 20 heavy (non-hydrogen) atoms. The Labute approximate surface area is 125 Å². The third-order valence-corrected chi connectivity index (χ3v) is 3.13. The number of halogens is 2. The van der Waals surface area contributed by atoms with E-state index in [1.54, 1.807) is 0 Å². The number of nitrogens with zero attached hydrogens (tertiary/aromatic N) is 1. The molecule has 0 unspecified atom stereocenters. The van der Waals surface area contributed by atoms with E-state index in [0.29, 0.717) is 11.6 Å². The third-order valence-electron chi connectivity index (χ3n) is 2.66. The lowest BCUT2D eigenvalue weighted by atomic mass is 10.2. The van der Waals surface area contributed by atoms with Crippen molar-refractivity contribution in [1.29, 1.82) is 0 Å². The van der Waals surface area contributed by atoms with Gasteiger partial charge in [0.25, 0.3) is 5.56 Å². The molecule has 0 atom stereocenters. The average molecular weight is 311 g/mol. The monoisotopic (exact) mass is 310 g/mol. The summed E-state index contributed by atoms with van der Waals surface area (Å²) in [6.45, 7) is 0.286. The molecule has 0 aliphatic rings. The van der Waals surface area contributed by atoms with Crippen LogP contribution in [0.1, 0.15) is 5.56 Å². The Balaban J connectivity index is 2.00. The van der Waals surface area contributed by atoms with Gasteiger partial charge in [-0.25, -0.2) is 0 Å². The Bertz CT molecular complexity index is 669. The maximum Gasteiger partial charge on any atom is 0.269 e. The molecule has 2 rings (SSSR count). The zero-order valence-corrected chi connectivity index (χ0v) is 12.0. The molecule has 0 radical (unpaired) electrons. The molecule has 0 bridgehead atoms. The van der Waals surface area contributed by atoms with Gasteiger partial charge in [-0.15, -0.1) is 0 Å². The van der Waals surface area contributed by atoms with E-state index in [9.17, 15) is 9.59 Å². The van der Waals surface area contributed by atoms with Crippen LogP contribution in [0, 0.1) is 0 Å². The number of rotatable bonds is 4. The molecule has 0 aliphatic carbocycles. The summed E-state index contributed by atoms with van der Waals surface area (Å²) in [6, 6.07) is 10.8. The molecule has 4 nitrogen and oxygen atoms in total. The summed E-state index contributed by atoms with van der Waals surface area (Å²) < 4.78 is 1.19. The largest absolute Gasteiger partial charge is 0.350 e. The number of aromatic nitrogens is 1. The highest BCUT2D eigenvalue weighted by atomic mass is 35.5. The van der Waals surface area contributed by atoms with Crippen LogP contribution in [-0.4, -0.2) is 10.5 Å². The Morgan fingerprint density at radius 2 is 1.90 bits per heavy atom. The maximum atomic E-state index is 11.8. The molecular formula is C14H12Cl2N2O2. The van der Waals surface area contributed by atoms with E-state index in [1.807, 2.05) is 30.3 Å². The lowest BCUT2D eigenvalue weighted by Gasteiger charge is -2.08. The lowest BCUT2D eigenvalue weighted by Crippen LogP contribution is -2.31. The van der Waals surface area contributed by atoms with Gasteiger partial charge in [-0.3, -0.25) is 9.59 Å². The van der Waals surface area contributed by atoms with Crippen LogP contribution in [-0.2, 0) is 17.9 Å². The fourth-order valence-corrected chi connectivity index (χ4v) is 2.20. The van der Waals surface area contributed by atoms with Gasteiger partial charge >= 0.3 is 0 Å². The minimum absolute atomic E-state index is 0.00615. The summed E-state index contributed by atoms with van der Waals surface area (Å²) in [5, 5.41) is 3.03. The molecule has 1 aromatic carbocycles. The highest BCUT2D eigenvalue weighted by molar-refractivity contribution is 6.34. The lowest BCUT2D eigenvalue weighted by molar-refractivity contribution is -0.121. The predicted molar refractivity (Wildman–Crippen MR) is 79.0 cm³/mol. The Morgan fingerprint density at radius 3 is 2.60 bits per heavy atom. The first-order valence-corrected chi connectivity index (χ1v) is 6.68. The zero-order chi connectivity index (χ0) is 14.5. The molecule has 104 valence electrons. The predicted octanol–water partition coefficient (Wildman–Crippen LogP) is 2.47. The van der Waals surface area contributed by atoms with Crippen LogP contribution in [0.5, 0.6) is 0 Å². The topological polar surface area (TPSA) is 51.1 Å². The molecule has 1 heterocycles. The summed E-state index contributed by atoms with van der Waals surface area (Å²) in [7, 11) is 0. The Hall–Kier alpha value is -1.78. The summed E-state index contributed by atoms with van der Waals surface area (Å²) in [4.78, 5) is 23.5. The van der Waals surface area contributed by atoms with E-state index in [1.165, 1.54) is 16.8 Å². The van der Waals surface area contributed by atoms with Crippen LogP contribution < -0.4 is 10.9 Å². The fraction of sp³-hybridized carbons (Fsp3) is 0.143. The number of carbonyl (C=O) groups excluding carboxylic acids is 1. The van der Waals surface area contributed by atoms with Gasteiger partial charge in [0, 0.05) is 12.7 Å². The third kappa shape index (κ3) is 3.85. The molecule has 1 aromatic heterocycles. The van der Waals surface area contributed by atoms with Gasteiger partial charge in [0.15, 0.2) is 0 Å². The molecule has 0 saturated heterocycles. The maximum absolute atomic E-state index is 11.8.